The second-order valence-electron chi connectivity index (χ2n) is 8.20. The van der Waals surface area contributed by atoms with Gasteiger partial charge in [-0.15, -0.1) is 0 Å². The molecule has 0 bridgehead atoms. The fraction of sp³-hybridized carbons (Fsp3) is 0.478. The Morgan fingerprint density at radius 1 is 1.06 bits per heavy atom. The highest BCUT2D eigenvalue weighted by molar-refractivity contribution is 5.77. The predicted molar refractivity (Wildman–Crippen MR) is 119 cm³/mol. The molecular formula is C23H29N5O3. The van der Waals surface area contributed by atoms with Gasteiger partial charge in [0.15, 0.2) is 11.2 Å². The van der Waals surface area contributed by atoms with Gasteiger partial charge < -0.3 is 9.88 Å². The smallest absolute Gasteiger partial charge is 0.333 e. The molecule has 8 nitrogen and oxygen atoms in total. The summed E-state index contributed by atoms with van der Waals surface area (Å²) < 4.78 is 4.25. The molecule has 0 atom stereocenters. The van der Waals surface area contributed by atoms with Gasteiger partial charge in [0, 0.05) is 12.6 Å². The molecule has 1 N–H and O–H groups in total. The quantitative estimate of drug-likeness (QED) is 0.616. The third-order valence-electron chi connectivity index (χ3n) is 6.03. The Kier molecular flexibility index (Phi) is 6.34. The van der Waals surface area contributed by atoms with E-state index in [1.54, 1.807) is 10.9 Å². The van der Waals surface area contributed by atoms with Crippen molar-refractivity contribution >= 4 is 17.1 Å². The van der Waals surface area contributed by atoms with Gasteiger partial charge in [0.05, 0.1) is 12.9 Å². The van der Waals surface area contributed by atoms with Gasteiger partial charge in [-0.25, -0.2) is 14.3 Å². The van der Waals surface area contributed by atoms with E-state index in [1.807, 2.05) is 37.3 Å². The second kappa shape index (κ2) is 9.32. The summed E-state index contributed by atoms with van der Waals surface area (Å²) in [5, 5.41) is 3.03. The van der Waals surface area contributed by atoms with Crippen molar-refractivity contribution in [2.24, 2.45) is 0 Å². The Bertz CT molecular complexity index is 1170. The zero-order chi connectivity index (χ0) is 21.8. The lowest BCUT2D eigenvalue weighted by atomic mass is 10.1. The molecule has 31 heavy (non-hydrogen) atoms. The maximum absolute atomic E-state index is 13.3. The molecule has 2 aromatic heterocycles. The Hall–Kier alpha value is -3.16. The zero-order valence-corrected chi connectivity index (χ0v) is 17.9. The number of nitrogens with zero attached hydrogens (tertiary/aromatic N) is 4. The molecule has 0 saturated heterocycles. The first-order chi connectivity index (χ1) is 15.1. The van der Waals surface area contributed by atoms with Crippen LogP contribution in [0.5, 0.6) is 0 Å². The van der Waals surface area contributed by atoms with E-state index in [-0.39, 0.29) is 25.0 Å². The number of benzene rings is 1. The molecule has 164 valence electrons. The molecule has 8 heteroatoms. The van der Waals surface area contributed by atoms with Gasteiger partial charge in [-0.1, -0.05) is 56.0 Å². The van der Waals surface area contributed by atoms with Gasteiger partial charge in [-0.3, -0.25) is 14.2 Å². The van der Waals surface area contributed by atoms with Crippen LogP contribution in [0.25, 0.3) is 11.2 Å². The monoisotopic (exact) mass is 423 g/mol. The van der Waals surface area contributed by atoms with Crippen molar-refractivity contribution in [2.75, 3.05) is 0 Å². The van der Waals surface area contributed by atoms with Crippen LogP contribution in [0, 0.1) is 0 Å². The van der Waals surface area contributed by atoms with E-state index in [0.29, 0.717) is 17.7 Å². The van der Waals surface area contributed by atoms with Crippen molar-refractivity contribution in [3.63, 3.8) is 0 Å². The van der Waals surface area contributed by atoms with Gasteiger partial charge in [-0.2, -0.15) is 0 Å². The largest absolute Gasteiger partial charge is 0.352 e. The van der Waals surface area contributed by atoms with E-state index in [1.165, 1.54) is 17.4 Å². The number of hydrogen-bond donors (Lipinski definition) is 1. The number of carbonyl (C=O) groups is 1. The van der Waals surface area contributed by atoms with Crippen LogP contribution in [0.2, 0.25) is 0 Å². The molecule has 1 amide bonds. The van der Waals surface area contributed by atoms with Crippen LogP contribution in [-0.2, 0) is 24.4 Å². The topological polar surface area (TPSA) is 90.9 Å². The Labute approximate surface area is 180 Å². The maximum atomic E-state index is 13.3. The molecule has 0 aliphatic heterocycles. The molecule has 3 aromatic rings. The molecule has 1 aliphatic rings. The minimum atomic E-state index is -0.515. The van der Waals surface area contributed by atoms with Gasteiger partial charge in [-0.05, 0) is 25.3 Å². The van der Waals surface area contributed by atoms with Crippen LogP contribution < -0.4 is 16.6 Å². The lowest BCUT2D eigenvalue weighted by molar-refractivity contribution is -0.122. The molecule has 1 aliphatic carbocycles. The Morgan fingerprint density at radius 2 is 1.77 bits per heavy atom. The molecule has 0 radical (unpaired) electrons. The SMILES string of the molecule is CCn1cnc2c1c(=O)n(CC(=O)NC1CCCCCC1)c(=O)n2Cc1ccccc1. The average molecular weight is 424 g/mol. The van der Waals surface area contributed by atoms with E-state index < -0.39 is 11.2 Å². The Balaban J connectivity index is 1.71. The van der Waals surface area contributed by atoms with Crippen molar-refractivity contribution in [3.05, 3.63) is 63.1 Å². The van der Waals surface area contributed by atoms with Crippen LogP contribution in [-0.4, -0.2) is 30.6 Å². The summed E-state index contributed by atoms with van der Waals surface area (Å²) in [7, 11) is 0. The molecule has 1 fully saturated rings. The van der Waals surface area contributed by atoms with E-state index >= 15 is 0 Å². The van der Waals surface area contributed by atoms with Crippen molar-refractivity contribution in [2.45, 2.75) is 71.1 Å². The fourth-order valence-electron chi connectivity index (χ4n) is 4.37. The second-order valence-corrected chi connectivity index (χ2v) is 8.20. The van der Waals surface area contributed by atoms with Crippen LogP contribution in [0.4, 0.5) is 0 Å². The first kappa shape index (κ1) is 21.1. The number of amides is 1. The predicted octanol–water partition coefficient (Wildman–Crippen LogP) is 2.27. The minimum absolute atomic E-state index is 0.113. The number of fused-ring (bicyclic) bond motifs is 1. The van der Waals surface area contributed by atoms with Crippen LogP contribution in [0.1, 0.15) is 51.0 Å². The normalized spacial score (nSPS) is 15.1. The van der Waals surface area contributed by atoms with Gasteiger partial charge >= 0.3 is 5.69 Å². The highest BCUT2D eigenvalue weighted by atomic mass is 16.2. The average Bonchev–Trinajstić information content (AvgIpc) is 3.05. The number of carbonyl (C=O) groups excluding carboxylic acids is 1. The molecule has 2 heterocycles. The van der Waals surface area contributed by atoms with E-state index in [0.717, 1.165) is 35.8 Å². The molecule has 0 spiro atoms. The summed E-state index contributed by atoms with van der Waals surface area (Å²) in [5.41, 5.74) is 0.630. The van der Waals surface area contributed by atoms with Crippen LogP contribution in [0.15, 0.2) is 46.2 Å². The summed E-state index contributed by atoms with van der Waals surface area (Å²) in [6.07, 6.45) is 8.03. The molecule has 4 rings (SSSR count). The summed E-state index contributed by atoms with van der Waals surface area (Å²) in [6.45, 7) is 2.45. The number of rotatable bonds is 6. The minimum Gasteiger partial charge on any atom is -0.352 e. The van der Waals surface area contributed by atoms with Crippen molar-refractivity contribution in [1.82, 2.24) is 24.0 Å². The lowest BCUT2D eigenvalue weighted by Crippen LogP contribution is -2.46. The molecule has 0 unspecified atom stereocenters. The maximum Gasteiger partial charge on any atom is 0.333 e. The Morgan fingerprint density at radius 3 is 2.45 bits per heavy atom. The number of aryl methyl sites for hydroxylation is 1. The van der Waals surface area contributed by atoms with Crippen molar-refractivity contribution in [3.8, 4) is 0 Å². The van der Waals surface area contributed by atoms with Gasteiger partial charge in [0.1, 0.15) is 6.54 Å². The lowest BCUT2D eigenvalue weighted by Gasteiger charge is -2.17. The fourth-order valence-corrected chi connectivity index (χ4v) is 4.37. The van der Waals surface area contributed by atoms with Crippen LogP contribution >= 0.6 is 0 Å². The van der Waals surface area contributed by atoms with Crippen molar-refractivity contribution < 1.29 is 4.79 Å². The van der Waals surface area contributed by atoms with Crippen LogP contribution in [0.3, 0.4) is 0 Å². The van der Waals surface area contributed by atoms with Crippen molar-refractivity contribution in [1.29, 1.82) is 0 Å². The summed E-state index contributed by atoms with van der Waals surface area (Å²) in [4.78, 5) is 43.6. The standard InChI is InChI=1S/C23H29N5O3/c1-2-26-16-24-21-20(26)22(30)28(15-19(29)25-18-12-8-3-4-9-13-18)23(31)27(21)14-17-10-6-5-7-11-17/h5-7,10-11,16,18H,2-4,8-9,12-15H2,1H3,(H,25,29). The summed E-state index contributed by atoms with van der Waals surface area (Å²) >= 11 is 0. The molecular weight excluding hydrogens is 394 g/mol. The van der Waals surface area contributed by atoms with E-state index in [2.05, 4.69) is 10.3 Å². The molecule has 1 saturated carbocycles. The summed E-state index contributed by atoms with van der Waals surface area (Å²) in [5.74, 6) is -0.292. The van der Waals surface area contributed by atoms with Gasteiger partial charge in [0.25, 0.3) is 5.56 Å². The number of imidazole rings is 1. The highest BCUT2D eigenvalue weighted by Gasteiger charge is 2.21. The highest BCUT2D eigenvalue weighted by Crippen LogP contribution is 2.17. The zero-order valence-electron chi connectivity index (χ0n) is 17.9. The number of aromatic nitrogens is 4. The third-order valence-corrected chi connectivity index (χ3v) is 6.03. The number of hydrogen-bond acceptors (Lipinski definition) is 4. The van der Waals surface area contributed by atoms with Gasteiger partial charge in [0.2, 0.25) is 5.91 Å². The summed E-state index contributed by atoms with van der Waals surface area (Å²) in [6, 6.07) is 9.66. The first-order valence-electron chi connectivity index (χ1n) is 11.1. The third kappa shape index (κ3) is 4.47. The first-order valence-corrected chi connectivity index (χ1v) is 11.1. The molecule has 1 aromatic carbocycles. The van der Waals surface area contributed by atoms with E-state index in [4.69, 9.17) is 0 Å². The number of nitrogens with one attached hydrogen (secondary N) is 1. The van der Waals surface area contributed by atoms with E-state index in [9.17, 15) is 14.4 Å².